The van der Waals surface area contributed by atoms with Gasteiger partial charge in [-0.2, -0.15) is 0 Å². The molecule has 0 aliphatic rings. The molecule has 0 atom stereocenters. The van der Waals surface area contributed by atoms with Gasteiger partial charge in [-0.3, -0.25) is 15.4 Å². The molecule has 3 aromatic rings. The first kappa shape index (κ1) is 19.6. The molecule has 28 heavy (non-hydrogen) atoms. The quantitative estimate of drug-likeness (QED) is 0.650. The number of carbonyl (C=O) groups is 2. The fourth-order valence-electron chi connectivity index (χ4n) is 2.20. The first-order chi connectivity index (χ1) is 13.5. The number of rotatable bonds is 5. The van der Waals surface area contributed by atoms with E-state index in [1.54, 1.807) is 18.5 Å². The van der Waals surface area contributed by atoms with E-state index in [9.17, 15) is 9.59 Å². The van der Waals surface area contributed by atoms with E-state index in [2.05, 4.69) is 20.6 Å². The Labute approximate surface area is 170 Å². The predicted octanol–water partition coefficient (Wildman–Crippen LogP) is 4.18. The van der Waals surface area contributed by atoms with E-state index < -0.39 is 18.5 Å². The van der Waals surface area contributed by atoms with E-state index in [0.717, 1.165) is 11.1 Å². The van der Waals surface area contributed by atoms with Gasteiger partial charge in [0.25, 0.3) is 5.91 Å². The van der Waals surface area contributed by atoms with Gasteiger partial charge < -0.3 is 4.74 Å². The highest BCUT2D eigenvalue weighted by Crippen LogP contribution is 2.27. The molecule has 7 nitrogen and oxygen atoms in total. The Morgan fingerprint density at radius 3 is 2.36 bits per heavy atom. The van der Waals surface area contributed by atoms with Crippen molar-refractivity contribution >= 4 is 41.1 Å². The average molecular weight is 417 g/mol. The average Bonchev–Trinajstić information content (AvgIpc) is 2.68. The standard InChI is InChI=1S/C19H14Cl2N4O3/c20-14-6-7-16(15(21)8-14)28-11-17(26)24-19(27)25-18-22-9-13(10-23-18)12-4-2-1-3-5-12/h1-10H,11H2,(H2,22,23,24,25,26,27). The van der Waals surface area contributed by atoms with Crippen LogP contribution in [0.15, 0.2) is 60.9 Å². The Morgan fingerprint density at radius 1 is 0.964 bits per heavy atom. The summed E-state index contributed by atoms with van der Waals surface area (Å²) >= 11 is 11.7. The van der Waals surface area contributed by atoms with Gasteiger partial charge in [-0.05, 0) is 23.8 Å². The molecule has 0 saturated carbocycles. The highest BCUT2D eigenvalue weighted by molar-refractivity contribution is 6.35. The Morgan fingerprint density at radius 2 is 1.68 bits per heavy atom. The van der Waals surface area contributed by atoms with E-state index in [4.69, 9.17) is 27.9 Å². The van der Waals surface area contributed by atoms with E-state index >= 15 is 0 Å². The third-order valence-electron chi connectivity index (χ3n) is 3.49. The zero-order valence-electron chi connectivity index (χ0n) is 14.4. The lowest BCUT2D eigenvalue weighted by Gasteiger charge is -2.09. The van der Waals surface area contributed by atoms with Crippen molar-refractivity contribution in [3.8, 4) is 16.9 Å². The molecule has 0 saturated heterocycles. The molecule has 0 fully saturated rings. The largest absolute Gasteiger partial charge is 0.482 e. The van der Waals surface area contributed by atoms with Crippen molar-refractivity contribution in [2.45, 2.75) is 0 Å². The van der Waals surface area contributed by atoms with Gasteiger partial charge >= 0.3 is 6.03 Å². The first-order valence-corrected chi connectivity index (χ1v) is 8.83. The van der Waals surface area contributed by atoms with Crippen LogP contribution < -0.4 is 15.4 Å². The number of amides is 3. The van der Waals surface area contributed by atoms with Crippen molar-refractivity contribution in [3.05, 3.63) is 71.0 Å². The highest BCUT2D eigenvalue weighted by Gasteiger charge is 2.11. The number of urea groups is 1. The van der Waals surface area contributed by atoms with Crippen molar-refractivity contribution in [3.63, 3.8) is 0 Å². The molecule has 0 bridgehead atoms. The van der Waals surface area contributed by atoms with Crippen LogP contribution in [0, 0.1) is 0 Å². The Hall–Kier alpha value is -3.16. The number of hydrogen-bond acceptors (Lipinski definition) is 5. The molecule has 3 rings (SSSR count). The van der Waals surface area contributed by atoms with E-state index in [1.165, 1.54) is 12.1 Å². The summed E-state index contributed by atoms with van der Waals surface area (Å²) in [5, 5.41) is 5.19. The summed E-state index contributed by atoms with van der Waals surface area (Å²) in [5.74, 6) is -0.322. The maximum Gasteiger partial charge on any atom is 0.328 e. The topological polar surface area (TPSA) is 93.2 Å². The lowest BCUT2D eigenvalue weighted by molar-refractivity contribution is -0.121. The van der Waals surface area contributed by atoms with Crippen molar-refractivity contribution in [2.75, 3.05) is 11.9 Å². The molecule has 0 radical (unpaired) electrons. The van der Waals surface area contributed by atoms with Gasteiger partial charge in [0.15, 0.2) is 6.61 Å². The summed E-state index contributed by atoms with van der Waals surface area (Å²) in [5.41, 5.74) is 1.75. The third-order valence-corrected chi connectivity index (χ3v) is 4.02. The summed E-state index contributed by atoms with van der Waals surface area (Å²) < 4.78 is 5.26. The summed E-state index contributed by atoms with van der Waals surface area (Å²) in [7, 11) is 0. The monoisotopic (exact) mass is 416 g/mol. The minimum absolute atomic E-state index is 0.0617. The van der Waals surface area contributed by atoms with Crippen LogP contribution >= 0.6 is 23.2 Å². The Bertz CT molecular complexity index is 982. The smallest absolute Gasteiger partial charge is 0.328 e. The number of anilines is 1. The number of ether oxygens (including phenoxy) is 1. The third kappa shape index (κ3) is 5.42. The molecule has 2 N–H and O–H groups in total. The number of nitrogens with zero attached hydrogens (tertiary/aromatic N) is 2. The summed E-state index contributed by atoms with van der Waals surface area (Å²) in [6.45, 7) is -0.400. The fourth-order valence-corrected chi connectivity index (χ4v) is 2.67. The number of nitrogens with one attached hydrogen (secondary N) is 2. The first-order valence-electron chi connectivity index (χ1n) is 8.07. The van der Waals surface area contributed by atoms with Crippen molar-refractivity contribution in [1.29, 1.82) is 0 Å². The van der Waals surface area contributed by atoms with Crippen LogP contribution in [0.3, 0.4) is 0 Å². The van der Waals surface area contributed by atoms with E-state index in [-0.39, 0.29) is 16.7 Å². The number of hydrogen-bond donors (Lipinski definition) is 2. The van der Waals surface area contributed by atoms with Crippen LogP contribution in [0.25, 0.3) is 11.1 Å². The van der Waals surface area contributed by atoms with Gasteiger partial charge in [0.05, 0.1) is 5.02 Å². The molecule has 1 aromatic heterocycles. The van der Waals surface area contributed by atoms with Crippen molar-refractivity contribution in [1.82, 2.24) is 15.3 Å². The molecule has 0 aliphatic carbocycles. The van der Waals surface area contributed by atoms with Crippen LogP contribution in [0.2, 0.25) is 10.0 Å². The summed E-state index contributed by atoms with van der Waals surface area (Å²) in [6.07, 6.45) is 3.15. The number of aromatic nitrogens is 2. The van der Waals surface area contributed by atoms with Crippen LogP contribution in [0.1, 0.15) is 0 Å². The summed E-state index contributed by atoms with van der Waals surface area (Å²) in [6, 6.07) is 13.4. The zero-order chi connectivity index (χ0) is 19.9. The molecule has 3 amide bonds. The van der Waals surface area contributed by atoms with Gasteiger partial charge in [-0.15, -0.1) is 0 Å². The second kappa shape index (κ2) is 9.16. The van der Waals surface area contributed by atoms with Gasteiger partial charge in [-0.25, -0.2) is 14.8 Å². The molecular weight excluding hydrogens is 403 g/mol. The Kier molecular flexibility index (Phi) is 6.41. The fraction of sp³-hybridized carbons (Fsp3) is 0.0526. The van der Waals surface area contributed by atoms with Gasteiger partial charge in [0.1, 0.15) is 5.75 Å². The Balaban J connectivity index is 1.50. The molecule has 0 unspecified atom stereocenters. The number of benzene rings is 2. The minimum atomic E-state index is -0.775. The minimum Gasteiger partial charge on any atom is -0.482 e. The lowest BCUT2D eigenvalue weighted by Crippen LogP contribution is -2.37. The van der Waals surface area contributed by atoms with Gasteiger partial charge in [0, 0.05) is 23.0 Å². The van der Waals surface area contributed by atoms with Crippen molar-refractivity contribution < 1.29 is 14.3 Å². The second-order valence-electron chi connectivity index (χ2n) is 5.53. The molecule has 0 spiro atoms. The van der Waals surface area contributed by atoms with E-state index in [0.29, 0.717) is 5.02 Å². The molecular formula is C19H14Cl2N4O3. The van der Waals surface area contributed by atoms with Crippen LogP contribution in [-0.4, -0.2) is 28.5 Å². The van der Waals surface area contributed by atoms with Crippen LogP contribution in [-0.2, 0) is 4.79 Å². The van der Waals surface area contributed by atoms with Crippen LogP contribution in [0.5, 0.6) is 5.75 Å². The molecule has 142 valence electrons. The summed E-state index contributed by atoms with van der Waals surface area (Å²) in [4.78, 5) is 31.8. The van der Waals surface area contributed by atoms with Gasteiger partial charge in [0.2, 0.25) is 5.95 Å². The predicted molar refractivity (Wildman–Crippen MR) is 107 cm³/mol. The maximum atomic E-state index is 11.9. The normalized spacial score (nSPS) is 10.2. The maximum absolute atomic E-state index is 11.9. The molecule has 1 heterocycles. The lowest BCUT2D eigenvalue weighted by atomic mass is 10.1. The zero-order valence-corrected chi connectivity index (χ0v) is 15.9. The molecule has 2 aromatic carbocycles. The highest BCUT2D eigenvalue weighted by atomic mass is 35.5. The van der Waals surface area contributed by atoms with Gasteiger partial charge in [-0.1, -0.05) is 53.5 Å². The number of halogens is 2. The van der Waals surface area contributed by atoms with E-state index in [1.807, 2.05) is 30.3 Å². The van der Waals surface area contributed by atoms with Crippen LogP contribution in [0.4, 0.5) is 10.7 Å². The second-order valence-corrected chi connectivity index (χ2v) is 6.37. The number of imide groups is 1. The molecule has 9 heteroatoms. The molecule has 0 aliphatic heterocycles. The van der Waals surface area contributed by atoms with Crippen molar-refractivity contribution in [2.24, 2.45) is 0 Å². The SMILES string of the molecule is O=C(COc1ccc(Cl)cc1Cl)NC(=O)Nc1ncc(-c2ccccc2)cn1. The number of carbonyl (C=O) groups excluding carboxylic acids is 2.